The first-order chi connectivity index (χ1) is 21.4. The molecule has 2 heterocycles. The zero-order chi connectivity index (χ0) is 30.9. The average Bonchev–Trinajstić information content (AvgIpc) is 3.61. The van der Waals surface area contributed by atoms with Gasteiger partial charge in [0, 0.05) is 38.3 Å². The highest BCUT2D eigenvalue weighted by molar-refractivity contribution is 6.22. The van der Waals surface area contributed by atoms with Crippen molar-refractivity contribution in [2.24, 2.45) is 11.7 Å². The van der Waals surface area contributed by atoms with Gasteiger partial charge < -0.3 is 25.0 Å². The SMILES string of the molecule is CN(CCOCCOCCN1CCC(C(C(N)=O)(c2ccccc2)c2ccccc2)C1)CCN1C(=N)c2ccccc2C1=O. The maximum atomic E-state index is 13.2. The number of rotatable bonds is 16. The highest BCUT2D eigenvalue weighted by atomic mass is 16.5. The summed E-state index contributed by atoms with van der Waals surface area (Å²) >= 11 is 0. The summed E-state index contributed by atoms with van der Waals surface area (Å²) < 4.78 is 11.6. The molecule has 0 saturated carbocycles. The number of benzene rings is 3. The molecular weight excluding hydrogens is 554 g/mol. The Balaban J connectivity index is 0.995. The molecular formula is C35H43N5O4. The third kappa shape index (κ3) is 6.76. The Labute approximate surface area is 260 Å². The van der Waals surface area contributed by atoms with Gasteiger partial charge in [-0.1, -0.05) is 78.9 Å². The molecule has 0 bridgehead atoms. The van der Waals surface area contributed by atoms with Gasteiger partial charge in [0.15, 0.2) is 0 Å². The maximum absolute atomic E-state index is 13.2. The number of nitrogens with one attached hydrogen (secondary N) is 1. The molecule has 1 saturated heterocycles. The molecule has 3 aromatic rings. The van der Waals surface area contributed by atoms with Crippen molar-refractivity contribution in [2.45, 2.75) is 11.8 Å². The number of hydrogen-bond donors (Lipinski definition) is 2. The Bertz CT molecular complexity index is 1340. The molecule has 3 N–H and O–H groups in total. The summed E-state index contributed by atoms with van der Waals surface area (Å²) in [6.45, 7) is 6.47. The first kappa shape index (κ1) is 31.5. The fourth-order valence-corrected chi connectivity index (χ4v) is 6.52. The summed E-state index contributed by atoms with van der Waals surface area (Å²) in [7, 11) is 1.99. The van der Waals surface area contributed by atoms with Crippen LogP contribution < -0.4 is 5.73 Å². The molecule has 2 amide bonds. The number of nitrogens with two attached hydrogens (primary N) is 1. The number of primary amides is 1. The zero-order valence-corrected chi connectivity index (χ0v) is 25.5. The number of ether oxygens (including phenoxy) is 2. The van der Waals surface area contributed by atoms with Crippen molar-refractivity contribution in [1.82, 2.24) is 14.7 Å². The van der Waals surface area contributed by atoms with E-state index in [0.717, 1.165) is 43.7 Å². The predicted octanol–water partition coefficient (Wildman–Crippen LogP) is 3.23. The minimum absolute atomic E-state index is 0.0645. The second-order valence-corrected chi connectivity index (χ2v) is 11.6. The van der Waals surface area contributed by atoms with E-state index in [4.69, 9.17) is 20.6 Å². The van der Waals surface area contributed by atoms with Gasteiger partial charge in [-0.05, 0) is 43.1 Å². The highest BCUT2D eigenvalue weighted by Crippen LogP contribution is 2.43. The number of nitrogens with zero attached hydrogens (tertiary/aromatic N) is 3. The van der Waals surface area contributed by atoms with Crippen LogP contribution in [0.3, 0.4) is 0 Å². The van der Waals surface area contributed by atoms with Crippen LogP contribution >= 0.6 is 0 Å². The smallest absolute Gasteiger partial charge is 0.260 e. The molecule has 0 aromatic heterocycles. The van der Waals surface area contributed by atoms with Crippen LogP contribution in [0.25, 0.3) is 0 Å². The second-order valence-electron chi connectivity index (χ2n) is 11.6. The van der Waals surface area contributed by atoms with Gasteiger partial charge >= 0.3 is 0 Å². The largest absolute Gasteiger partial charge is 0.378 e. The van der Waals surface area contributed by atoms with Crippen LogP contribution in [0.1, 0.15) is 33.5 Å². The van der Waals surface area contributed by atoms with Crippen molar-refractivity contribution in [3.63, 3.8) is 0 Å². The number of carbonyl (C=O) groups excluding carboxylic acids is 2. The van der Waals surface area contributed by atoms with Crippen molar-refractivity contribution in [3.8, 4) is 0 Å². The number of carbonyl (C=O) groups is 2. The number of amides is 2. The van der Waals surface area contributed by atoms with E-state index >= 15 is 0 Å². The van der Waals surface area contributed by atoms with Gasteiger partial charge in [-0.2, -0.15) is 0 Å². The van der Waals surface area contributed by atoms with Gasteiger partial charge in [0.05, 0.1) is 32.0 Å². The molecule has 44 heavy (non-hydrogen) atoms. The molecule has 0 aliphatic carbocycles. The van der Waals surface area contributed by atoms with E-state index in [0.29, 0.717) is 50.6 Å². The van der Waals surface area contributed by atoms with Gasteiger partial charge in [-0.15, -0.1) is 0 Å². The Morgan fingerprint density at radius 3 is 2.07 bits per heavy atom. The first-order valence-corrected chi connectivity index (χ1v) is 15.4. The minimum atomic E-state index is -0.879. The third-order valence-electron chi connectivity index (χ3n) is 8.91. The molecule has 232 valence electrons. The summed E-state index contributed by atoms with van der Waals surface area (Å²) in [5.74, 6) is -0.0714. The summed E-state index contributed by atoms with van der Waals surface area (Å²) in [5.41, 5.74) is 8.52. The van der Waals surface area contributed by atoms with Gasteiger partial charge in [0.25, 0.3) is 5.91 Å². The lowest BCUT2D eigenvalue weighted by Crippen LogP contribution is -2.49. The van der Waals surface area contributed by atoms with Crippen molar-refractivity contribution in [2.75, 3.05) is 72.7 Å². The number of fused-ring (bicyclic) bond motifs is 1. The molecule has 0 radical (unpaired) electrons. The van der Waals surface area contributed by atoms with Gasteiger partial charge in [-0.25, -0.2) is 0 Å². The lowest BCUT2D eigenvalue weighted by molar-refractivity contribution is -0.123. The molecule has 1 atom stereocenters. The molecule has 9 nitrogen and oxygen atoms in total. The highest BCUT2D eigenvalue weighted by Gasteiger charge is 2.49. The van der Waals surface area contributed by atoms with Crippen LogP contribution in [0, 0.1) is 11.3 Å². The van der Waals surface area contributed by atoms with Crippen LogP contribution in [-0.2, 0) is 19.7 Å². The Morgan fingerprint density at radius 2 is 1.45 bits per heavy atom. The van der Waals surface area contributed by atoms with Crippen LogP contribution in [0.5, 0.6) is 0 Å². The van der Waals surface area contributed by atoms with E-state index in [2.05, 4.69) is 9.80 Å². The number of amidine groups is 1. The summed E-state index contributed by atoms with van der Waals surface area (Å²) in [6.07, 6.45) is 0.878. The summed E-state index contributed by atoms with van der Waals surface area (Å²) in [6, 6.07) is 27.2. The Kier molecular flexibility index (Phi) is 10.6. The van der Waals surface area contributed by atoms with Gasteiger partial charge in [-0.3, -0.25) is 19.9 Å². The number of likely N-dealkylation sites (tertiary alicyclic amines) is 1. The summed E-state index contributed by atoms with van der Waals surface area (Å²) in [5, 5.41) is 8.32. The lowest BCUT2D eigenvalue weighted by atomic mass is 9.64. The van der Waals surface area contributed by atoms with Crippen molar-refractivity contribution >= 4 is 17.6 Å². The monoisotopic (exact) mass is 597 g/mol. The quantitative estimate of drug-likeness (QED) is 0.245. The van der Waals surface area contributed by atoms with E-state index in [1.165, 1.54) is 4.90 Å². The van der Waals surface area contributed by atoms with E-state index in [-0.39, 0.29) is 23.6 Å². The van der Waals surface area contributed by atoms with Gasteiger partial charge in [0.1, 0.15) is 11.3 Å². The molecule has 1 fully saturated rings. The molecule has 9 heteroatoms. The van der Waals surface area contributed by atoms with Crippen molar-refractivity contribution < 1.29 is 19.1 Å². The molecule has 0 spiro atoms. The van der Waals surface area contributed by atoms with E-state index < -0.39 is 5.41 Å². The average molecular weight is 598 g/mol. The normalized spacial score (nSPS) is 17.0. The van der Waals surface area contributed by atoms with Crippen LogP contribution in [-0.4, -0.2) is 105 Å². The molecule has 5 rings (SSSR count). The van der Waals surface area contributed by atoms with E-state index in [1.54, 1.807) is 6.07 Å². The molecule has 2 aliphatic rings. The van der Waals surface area contributed by atoms with E-state index in [9.17, 15) is 9.59 Å². The standard InChI is InChI=1S/C35H43N5O4/c1-38(18-19-40-32(36)30-14-8-9-15-31(30)33(40)41)20-22-43-24-25-44-23-21-39-17-16-29(26-39)35(34(37)42,27-10-4-2-5-11-27)28-12-6-3-7-13-28/h2-15,29,36H,16-26H2,1H3,(H2,37,42). The Hall–Kier alpha value is -3.89. The molecule has 3 aromatic carbocycles. The second kappa shape index (κ2) is 14.7. The minimum Gasteiger partial charge on any atom is -0.378 e. The van der Waals surface area contributed by atoms with Crippen molar-refractivity contribution in [1.29, 1.82) is 5.41 Å². The number of likely N-dealkylation sites (N-methyl/N-ethyl adjacent to an activating group) is 1. The first-order valence-electron chi connectivity index (χ1n) is 15.4. The van der Waals surface area contributed by atoms with Crippen LogP contribution in [0.2, 0.25) is 0 Å². The van der Waals surface area contributed by atoms with Crippen molar-refractivity contribution in [3.05, 3.63) is 107 Å². The van der Waals surface area contributed by atoms with Crippen LogP contribution in [0.15, 0.2) is 84.9 Å². The maximum Gasteiger partial charge on any atom is 0.260 e. The fourth-order valence-electron chi connectivity index (χ4n) is 6.52. The Morgan fingerprint density at radius 1 is 0.864 bits per heavy atom. The predicted molar refractivity (Wildman–Crippen MR) is 171 cm³/mol. The number of hydrogen-bond acceptors (Lipinski definition) is 7. The zero-order valence-electron chi connectivity index (χ0n) is 25.5. The molecule has 1 unspecified atom stereocenters. The van der Waals surface area contributed by atoms with Gasteiger partial charge in [0.2, 0.25) is 5.91 Å². The summed E-state index contributed by atoms with van der Waals surface area (Å²) in [4.78, 5) is 31.8. The van der Waals surface area contributed by atoms with Crippen LogP contribution in [0.4, 0.5) is 0 Å². The topological polar surface area (TPSA) is 112 Å². The lowest BCUT2D eigenvalue weighted by Gasteiger charge is -2.37. The van der Waals surface area contributed by atoms with E-state index in [1.807, 2.05) is 85.9 Å². The third-order valence-corrected chi connectivity index (χ3v) is 8.91. The fraction of sp³-hybridized carbons (Fsp3) is 0.400. The molecule has 2 aliphatic heterocycles.